The van der Waals surface area contributed by atoms with Gasteiger partial charge in [0.1, 0.15) is 0 Å². The van der Waals surface area contributed by atoms with Crippen LogP contribution in [0.4, 0.5) is 0 Å². The Hall–Kier alpha value is -0.0400. The maximum atomic E-state index is 6.30. The Bertz CT molecular complexity index is 163. The van der Waals surface area contributed by atoms with Gasteiger partial charge in [-0.15, -0.1) is 0 Å². The molecule has 0 aromatic rings. The second-order valence-corrected chi connectivity index (χ2v) is 6.26. The van der Waals surface area contributed by atoms with Crippen molar-refractivity contribution >= 4 is 0 Å². The van der Waals surface area contributed by atoms with Crippen LogP contribution in [0.25, 0.3) is 0 Å². The fraction of sp³-hybridized carbons (Fsp3) is 1.00. The molecule has 1 unspecified atom stereocenters. The summed E-state index contributed by atoms with van der Waals surface area (Å²) in [6.07, 6.45) is 13.4. The van der Waals surface area contributed by atoms with Gasteiger partial charge in [0.25, 0.3) is 0 Å². The van der Waals surface area contributed by atoms with Gasteiger partial charge < -0.3 is 5.73 Å². The van der Waals surface area contributed by atoms with Crippen molar-refractivity contribution in [3.8, 4) is 0 Å². The summed E-state index contributed by atoms with van der Waals surface area (Å²) in [5.74, 6) is 0. The van der Waals surface area contributed by atoms with Gasteiger partial charge >= 0.3 is 0 Å². The van der Waals surface area contributed by atoms with Gasteiger partial charge in [-0.25, -0.2) is 0 Å². The fourth-order valence-corrected chi connectivity index (χ4v) is 2.36. The summed E-state index contributed by atoms with van der Waals surface area (Å²) in [6, 6.07) is 0.387. The van der Waals surface area contributed by atoms with Crippen molar-refractivity contribution in [3.63, 3.8) is 0 Å². The van der Waals surface area contributed by atoms with E-state index in [0.29, 0.717) is 11.5 Å². The van der Waals surface area contributed by atoms with Gasteiger partial charge in [-0.1, -0.05) is 79.1 Å². The molecule has 2 N–H and O–H groups in total. The van der Waals surface area contributed by atoms with Crippen molar-refractivity contribution < 1.29 is 0 Å². The Morgan fingerprint density at radius 3 is 1.94 bits per heavy atom. The van der Waals surface area contributed by atoms with E-state index in [-0.39, 0.29) is 0 Å². The second kappa shape index (κ2) is 9.94. The van der Waals surface area contributed by atoms with Crippen LogP contribution < -0.4 is 5.73 Å². The Morgan fingerprint density at radius 2 is 1.35 bits per heavy atom. The summed E-state index contributed by atoms with van der Waals surface area (Å²) >= 11 is 0. The lowest BCUT2D eigenvalue weighted by atomic mass is 9.78. The van der Waals surface area contributed by atoms with E-state index in [1.807, 2.05) is 0 Å². The van der Waals surface area contributed by atoms with Crippen LogP contribution >= 0.6 is 0 Å². The number of rotatable bonds is 11. The SMILES string of the molecule is CCCCCCCCC(C)(C)C(N)CCCC. The van der Waals surface area contributed by atoms with Crippen LogP contribution in [-0.2, 0) is 0 Å². The van der Waals surface area contributed by atoms with Crippen molar-refractivity contribution in [3.05, 3.63) is 0 Å². The van der Waals surface area contributed by atoms with E-state index in [1.54, 1.807) is 0 Å². The largest absolute Gasteiger partial charge is 0.327 e. The predicted octanol–water partition coefficient (Wildman–Crippen LogP) is 5.28. The summed E-state index contributed by atoms with van der Waals surface area (Å²) in [5, 5.41) is 0. The van der Waals surface area contributed by atoms with E-state index in [2.05, 4.69) is 27.7 Å². The molecule has 0 saturated carbocycles. The van der Waals surface area contributed by atoms with E-state index >= 15 is 0 Å². The fourth-order valence-electron chi connectivity index (χ4n) is 2.36. The van der Waals surface area contributed by atoms with Crippen LogP contribution in [0.3, 0.4) is 0 Å². The third kappa shape index (κ3) is 8.65. The highest BCUT2D eigenvalue weighted by atomic mass is 14.7. The Labute approximate surface area is 110 Å². The molecule has 0 saturated heterocycles. The predicted molar refractivity (Wildman–Crippen MR) is 79.3 cm³/mol. The summed E-state index contributed by atoms with van der Waals surface area (Å²) in [5.41, 5.74) is 6.63. The van der Waals surface area contributed by atoms with E-state index < -0.39 is 0 Å². The molecule has 0 rings (SSSR count). The maximum absolute atomic E-state index is 6.30. The molecule has 0 amide bonds. The molecule has 0 aromatic carbocycles. The monoisotopic (exact) mass is 241 g/mol. The standard InChI is InChI=1S/C16H35N/c1-5-7-9-10-11-12-14-16(3,4)15(17)13-8-6-2/h15H,5-14,17H2,1-4H3. The number of hydrogen-bond acceptors (Lipinski definition) is 1. The second-order valence-electron chi connectivity index (χ2n) is 6.26. The minimum absolute atomic E-state index is 0.333. The average molecular weight is 241 g/mol. The molecule has 0 aliphatic rings. The van der Waals surface area contributed by atoms with Crippen molar-refractivity contribution in [2.75, 3.05) is 0 Å². The lowest BCUT2D eigenvalue weighted by Gasteiger charge is -2.32. The van der Waals surface area contributed by atoms with Crippen molar-refractivity contribution in [2.24, 2.45) is 11.1 Å². The Morgan fingerprint density at radius 1 is 0.824 bits per heavy atom. The van der Waals surface area contributed by atoms with E-state index in [4.69, 9.17) is 5.73 Å². The molecule has 0 radical (unpaired) electrons. The number of hydrogen-bond donors (Lipinski definition) is 1. The summed E-state index contributed by atoms with van der Waals surface area (Å²) < 4.78 is 0. The average Bonchev–Trinajstić information content (AvgIpc) is 2.30. The van der Waals surface area contributed by atoms with Gasteiger partial charge in [0.15, 0.2) is 0 Å². The van der Waals surface area contributed by atoms with Crippen molar-refractivity contribution in [1.82, 2.24) is 0 Å². The molecule has 104 valence electrons. The molecule has 0 spiro atoms. The summed E-state index contributed by atoms with van der Waals surface area (Å²) in [4.78, 5) is 0. The van der Waals surface area contributed by atoms with Gasteiger partial charge in [-0.3, -0.25) is 0 Å². The van der Waals surface area contributed by atoms with Gasteiger partial charge in [-0.2, -0.15) is 0 Å². The van der Waals surface area contributed by atoms with Gasteiger partial charge in [-0.05, 0) is 18.3 Å². The summed E-state index contributed by atoms with van der Waals surface area (Å²) in [7, 11) is 0. The van der Waals surface area contributed by atoms with Gasteiger partial charge in [0.05, 0.1) is 0 Å². The van der Waals surface area contributed by atoms with Crippen LogP contribution in [-0.4, -0.2) is 6.04 Å². The minimum Gasteiger partial charge on any atom is -0.327 e. The smallest absolute Gasteiger partial charge is 0.00902 e. The van der Waals surface area contributed by atoms with E-state index in [9.17, 15) is 0 Å². The number of unbranched alkanes of at least 4 members (excludes halogenated alkanes) is 6. The molecule has 17 heavy (non-hydrogen) atoms. The molecule has 0 heterocycles. The molecule has 1 heteroatoms. The highest BCUT2D eigenvalue weighted by Crippen LogP contribution is 2.29. The number of nitrogens with two attached hydrogens (primary N) is 1. The molecule has 0 aromatic heterocycles. The molecule has 0 fully saturated rings. The van der Waals surface area contributed by atoms with Crippen LogP contribution in [0.2, 0.25) is 0 Å². The lowest BCUT2D eigenvalue weighted by molar-refractivity contribution is 0.239. The first-order chi connectivity index (χ1) is 8.04. The lowest BCUT2D eigenvalue weighted by Crippen LogP contribution is -2.37. The molecule has 0 aliphatic heterocycles. The van der Waals surface area contributed by atoms with Crippen molar-refractivity contribution in [2.45, 2.75) is 97.9 Å². The van der Waals surface area contributed by atoms with E-state index in [1.165, 1.54) is 64.2 Å². The zero-order chi connectivity index (χ0) is 13.1. The highest BCUT2D eigenvalue weighted by Gasteiger charge is 2.24. The normalized spacial score (nSPS) is 13.9. The minimum atomic E-state index is 0.333. The third-order valence-corrected chi connectivity index (χ3v) is 4.05. The molecular weight excluding hydrogens is 206 g/mol. The molecule has 0 bridgehead atoms. The highest BCUT2D eigenvalue weighted by molar-refractivity contribution is 4.81. The van der Waals surface area contributed by atoms with Crippen molar-refractivity contribution in [1.29, 1.82) is 0 Å². The quantitative estimate of drug-likeness (QED) is 0.489. The van der Waals surface area contributed by atoms with E-state index in [0.717, 1.165) is 0 Å². The van der Waals surface area contributed by atoms with Crippen LogP contribution in [0.15, 0.2) is 0 Å². The molecular formula is C16H35N. The first kappa shape index (κ1) is 17.0. The zero-order valence-corrected chi connectivity index (χ0v) is 12.7. The maximum Gasteiger partial charge on any atom is 0.00902 e. The first-order valence-corrected chi connectivity index (χ1v) is 7.80. The molecule has 1 atom stereocenters. The third-order valence-electron chi connectivity index (χ3n) is 4.05. The van der Waals surface area contributed by atoms with Gasteiger partial charge in [0, 0.05) is 6.04 Å². The Kier molecular flexibility index (Phi) is 9.91. The Balaban J connectivity index is 3.61. The van der Waals surface area contributed by atoms with Crippen LogP contribution in [0.5, 0.6) is 0 Å². The zero-order valence-electron chi connectivity index (χ0n) is 12.7. The van der Waals surface area contributed by atoms with Gasteiger partial charge in [0.2, 0.25) is 0 Å². The molecule has 1 nitrogen and oxygen atoms in total. The van der Waals surface area contributed by atoms with Crippen LogP contribution in [0.1, 0.15) is 91.9 Å². The topological polar surface area (TPSA) is 26.0 Å². The van der Waals surface area contributed by atoms with Crippen LogP contribution in [0, 0.1) is 5.41 Å². The molecule has 0 aliphatic carbocycles. The first-order valence-electron chi connectivity index (χ1n) is 7.80. The summed E-state index contributed by atoms with van der Waals surface area (Å²) in [6.45, 7) is 9.21.